The maximum Gasteiger partial charge on any atom is 0.405 e. The summed E-state index contributed by atoms with van der Waals surface area (Å²) in [6, 6.07) is 5.41. The molecule has 1 rings (SSSR count). The van der Waals surface area contributed by atoms with Crippen LogP contribution in [-0.2, 0) is 6.54 Å². The molecule has 6 heteroatoms. The van der Waals surface area contributed by atoms with E-state index >= 15 is 0 Å². The molecule has 1 N–H and O–H groups in total. The molecule has 0 heterocycles. The Morgan fingerprint density at radius 3 is 2.45 bits per heavy atom. The van der Waals surface area contributed by atoms with Crippen LogP contribution >= 0.6 is 15.9 Å². The third kappa shape index (κ3) is 6.13. The highest BCUT2D eigenvalue weighted by Gasteiger charge is 2.29. The van der Waals surface area contributed by atoms with Crippen molar-refractivity contribution < 1.29 is 13.2 Å². The van der Waals surface area contributed by atoms with Gasteiger partial charge in [-0.2, -0.15) is 13.2 Å². The molecule has 0 aliphatic carbocycles. The number of nitrogens with zero attached hydrogens (tertiary/aromatic N) is 1. The number of rotatable bonds is 6. The molecule has 0 aliphatic rings. The van der Waals surface area contributed by atoms with Crippen molar-refractivity contribution in [3.8, 4) is 0 Å². The summed E-state index contributed by atoms with van der Waals surface area (Å²) in [5, 5.41) is 3.30. The summed E-state index contributed by atoms with van der Waals surface area (Å²) in [6.45, 7) is 4.90. The number of halogens is 4. The Morgan fingerprint density at radius 1 is 1.30 bits per heavy atom. The van der Waals surface area contributed by atoms with Crippen molar-refractivity contribution in [1.29, 1.82) is 0 Å². The Hall–Kier alpha value is -0.750. The van der Waals surface area contributed by atoms with Gasteiger partial charge in [-0.25, -0.2) is 0 Å². The predicted molar refractivity (Wildman–Crippen MR) is 80.0 cm³/mol. The van der Waals surface area contributed by atoms with Crippen molar-refractivity contribution >= 4 is 21.6 Å². The molecule has 1 aromatic carbocycles. The number of benzene rings is 1. The normalized spacial score (nSPS) is 12.0. The lowest BCUT2D eigenvalue weighted by Gasteiger charge is -2.22. The number of alkyl halides is 3. The Kier molecular flexibility index (Phi) is 6.33. The van der Waals surface area contributed by atoms with E-state index in [0.717, 1.165) is 12.1 Å². The maximum absolute atomic E-state index is 12.4. The van der Waals surface area contributed by atoms with Gasteiger partial charge >= 0.3 is 6.18 Å². The smallest absolute Gasteiger partial charge is 0.365 e. The van der Waals surface area contributed by atoms with E-state index in [1.54, 1.807) is 6.07 Å². The molecule has 1 aromatic rings. The molecule has 0 bridgehead atoms. The van der Waals surface area contributed by atoms with Gasteiger partial charge in [-0.3, -0.25) is 0 Å². The van der Waals surface area contributed by atoms with Crippen LogP contribution in [0.25, 0.3) is 0 Å². The lowest BCUT2D eigenvalue weighted by Crippen LogP contribution is -2.31. The first-order valence-electron chi connectivity index (χ1n) is 6.46. The van der Waals surface area contributed by atoms with Gasteiger partial charge in [-0.05, 0) is 46.1 Å². The fraction of sp³-hybridized carbons (Fsp3) is 0.571. The zero-order valence-electron chi connectivity index (χ0n) is 11.9. The highest BCUT2D eigenvalue weighted by molar-refractivity contribution is 9.10. The van der Waals surface area contributed by atoms with Gasteiger partial charge in [0.1, 0.15) is 6.54 Å². The molecule has 0 amide bonds. The number of hydrogen-bond donors (Lipinski definition) is 1. The van der Waals surface area contributed by atoms with E-state index in [4.69, 9.17) is 0 Å². The summed E-state index contributed by atoms with van der Waals surface area (Å²) >= 11 is 3.34. The van der Waals surface area contributed by atoms with Crippen LogP contribution in [0.4, 0.5) is 18.9 Å². The minimum atomic E-state index is -4.20. The van der Waals surface area contributed by atoms with Gasteiger partial charge in [-0.15, -0.1) is 0 Å². The molecule has 0 fully saturated rings. The number of hydrogen-bond acceptors (Lipinski definition) is 2. The average Bonchev–Trinajstić information content (AvgIpc) is 2.25. The van der Waals surface area contributed by atoms with Crippen molar-refractivity contribution in [3.05, 3.63) is 28.2 Å². The van der Waals surface area contributed by atoms with Crippen molar-refractivity contribution in [3.63, 3.8) is 0 Å². The van der Waals surface area contributed by atoms with Crippen molar-refractivity contribution in [2.24, 2.45) is 5.92 Å². The van der Waals surface area contributed by atoms with Crippen molar-refractivity contribution in [2.45, 2.75) is 26.6 Å². The Balaban J connectivity index is 2.68. The minimum absolute atomic E-state index is 0.537. The van der Waals surface area contributed by atoms with Crippen LogP contribution in [0, 0.1) is 5.92 Å². The molecule has 0 aliphatic heterocycles. The predicted octanol–water partition coefficient (Wildman–Crippen LogP) is 4.19. The van der Waals surface area contributed by atoms with Crippen LogP contribution in [0.2, 0.25) is 0 Å². The Labute approximate surface area is 126 Å². The number of nitrogens with one attached hydrogen (secondary N) is 1. The van der Waals surface area contributed by atoms with Crippen LogP contribution in [0.5, 0.6) is 0 Å². The number of anilines is 1. The van der Waals surface area contributed by atoms with Gasteiger partial charge in [0.05, 0.1) is 5.69 Å². The van der Waals surface area contributed by atoms with Gasteiger partial charge in [0.25, 0.3) is 0 Å². The summed E-state index contributed by atoms with van der Waals surface area (Å²) in [5.74, 6) is 0.565. The van der Waals surface area contributed by atoms with Gasteiger partial charge < -0.3 is 10.2 Å². The lowest BCUT2D eigenvalue weighted by molar-refractivity contribution is -0.119. The first-order chi connectivity index (χ1) is 9.19. The standard InChI is InChI=1S/C14H20BrF3N2/c1-10(2)7-19-8-11-4-5-13(12(15)6-11)20(3)9-14(16,17)18/h4-6,10,19H,7-9H2,1-3H3. The highest BCUT2D eigenvalue weighted by Crippen LogP contribution is 2.29. The lowest BCUT2D eigenvalue weighted by atomic mass is 10.1. The van der Waals surface area contributed by atoms with Crippen LogP contribution in [0.15, 0.2) is 22.7 Å². The van der Waals surface area contributed by atoms with Gasteiger partial charge in [-0.1, -0.05) is 19.9 Å². The second kappa shape index (κ2) is 7.31. The summed E-state index contributed by atoms with van der Waals surface area (Å²) < 4.78 is 37.8. The van der Waals surface area contributed by atoms with E-state index in [2.05, 4.69) is 35.1 Å². The first-order valence-corrected chi connectivity index (χ1v) is 7.25. The molecule has 114 valence electrons. The second-order valence-electron chi connectivity index (χ2n) is 5.28. The van der Waals surface area contributed by atoms with Gasteiger partial charge in [0.2, 0.25) is 0 Å². The fourth-order valence-corrected chi connectivity index (χ4v) is 2.56. The quantitative estimate of drug-likeness (QED) is 0.825. The monoisotopic (exact) mass is 352 g/mol. The highest BCUT2D eigenvalue weighted by atomic mass is 79.9. The average molecular weight is 353 g/mol. The van der Waals surface area contributed by atoms with E-state index in [1.807, 2.05) is 12.1 Å². The van der Waals surface area contributed by atoms with E-state index in [9.17, 15) is 13.2 Å². The largest absolute Gasteiger partial charge is 0.405 e. The summed E-state index contributed by atoms with van der Waals surface area (Å²) in [7, 11) is 1.43. The van der Waals surface area contributed by atoms with Crippen LogP contribution in [-0.4, -0.2) is 26.3 Å². The fourth-order valence-electron chi connectivity index (χ4n) is 1.83. The molecule has 0 spiro atoms. The SMILES string of the molecule is CC(C)CNCc1ccc(N(C)CC(F)(F)F)c(Br)c1. The zero-order chi connectivity index (χ0) is 15.3. The van der Waals surface area contributed by atoms with Gasteiger partial charge in [0, 0.05) is 18.1 Å². The van der Waals surface area contributed by atoms with Crippen molar-refractivity contribution in [1.82, 2.24) is 5.32 Å². The van der Waals surface area contributed by atoms with Crippen molar-refractivity contribution in [2.75, 3.05) is 25.0 Å². The maximum atomic E-state index is 12.4. The molecule has 0 unspecified atom stereocenters. The summed E-state index contributed by atoms with van der Waals surface area (Å²) in [4.78, 5) is 1.19. The van der Waals surface area contributed by atoms with E-state index < -0.39 is 12.7 Å². The molecule has 0 saturated heterocycles. The molecule has 0 aromatic heterocycles. The third-order valence-electron chi connectivity index (χ3n) is 2.72. The summed E-state index contributed by atoms with van der Waals surface area (Å²) in [6.07, 6.45) is -4.20. The van der Waals surface area contributed by atoms with E-state index in [1.165, 1.54) is 11.9 Å². The van der Waals surface area contributed by atoms with Gasteiger partial charge in [0.15, 0.2) is 0 Å². The Bertz CT molecular complexity index is 433. The molecule has 0 radical (unpaired) electrons. The topological polar surface area (TPSA) is 15.3 Å². The minimum Gasteiger partial charge on any atom is -0.365 e. The third-order valence-corrected chi connectivity index (χ3v) is 3.36. The van der Waals surface area contributed by atoms with Crippen LogP contribution in [0.3, 0.4) is 0 Å². The van der Waals surface area contributed by atoms with Crippen LogP contribution in [0.1, 0.15) is 19.4 Å². The molecular formula is C14H20BrF3N2. The molecule has 20 heavy (non-hydrogen) atoms. The molecule has 0 atom stereocenters. The summed E-state index contributed by atoms with van der Waals surface area (Å²) in [5.41, 5.74) is 1.58. The first kappa shape index (κ1) is 17.3. The molecule has 2 nitrogen and oxygen atoms in total. The zero-order valence-corrected chi connectivity index (χ0v) is 13.5. The van der Waals surface area contributed by atoms with E-state index in [0.29, 0.717) is 22.6 Å². The Morgan fingerprint density at radius 2 is 1.95 bits per heavy atom. The molecular weight excluding hydrogens is 333 g/mol. The van der Waals surface area contributed by atoms with Crippen LogP contribution < -0.4 is 10.2 Å². The molecule has 0 saturated carbocycles. The van der Waals surface area contributed by atoms with E-state index in [-0.39, 0.29) is 0 Å². The second-order valence-corrected chi connectivity index (χ2v) is 6.14.